The van der Waals surface area contributed by atoms with Gasteiger partial charge in [0, 0.05) is 18.2 Å². The van der Waals surface area contributed by atoms with Crippen molar-refractivity contribution in [2.75, 3.05) is 37.4 Å². The van der Waals surface area contributed by atoms with Crippen molar-refractivity contribution in [3.05, 3.63) is 30.1 Å². The highest BCUT2D eigenvalue weighted by molar-refractivity contribution is 5.71. The molecule has 4 rings (SSSR count). The van der Waals surface area contributed by atoms with Crippen molar-refractivity contribution in [1.29, 1.82) is 0 Å². The van der Waals surface area contributed by atoms with E-state index in [4.69, 9.17) is 15.2 Å². The molecule has 0 bridgehead atoms. The SMILES string of the molecule is Nc1cc(F)nc(Nc2nc(F)ccc2OC[C@@H]2CCN2)c1OC[C@H]1CCN1. The molecule has 2 aromatic rings. The highest BCUT2D eigenvalue weighted by Crippen LogP contribution is 2.35. The predicted octanol–water partition coefficient (Wildman–Crippen LogP) is 1.56. The molecule has 150 valence electrons. The zero-order valence-electron chi connectivity index (χ0n) is 15.2. The maximum absolute atomic E-state index is 13.8. The molecule has 2 aliphatic heterocycles. The van der Waals surface area contributed by atoms with Crippen LogP contribution < -0.4 is 31.2 Å². The Morgan fingerprint density at radius 1 is 1.00 bits per heavy atom. The van der Waals surface area contributed by atoms with Crippen molar-refractivity contribution in [2.45, 2.75) is 24.9 Å². The average Bonchev–Trinajstić information content (AvgIpc) is 2.56. The molecule has 0 aliphatic carbocycles. The number of nitrogens with two attached hydrogens (primary N) is 1. The van der Waals surface area contributed by atoms with Gasteiger partial charge >= 0.3 is 0 Å². The van der Waals surface area contributed by atoms with Gasteiger partial charge in [-0.1, -0.05) is 0 Å². The van der Waals surface area contributed by atoms with Crippen LogP contribution in [0.3, 0.4) is 0 Å². The number of rotatable bonds is 8. The molecule has 10 heteroatoms. The van der Waals surface area contributed by atoms with Gasteiger partial charge in [-0.15, -0.1) is 0 Å². The van der Waals surface area contributed by atoms with Gasteiger partial charge in [0.1, 0.15) is 13.2 Å². The maximum Gasteiger partial charge on any atom is 0.217 e. The van der Waals surface area contributed by atoms with Crippen molar-refractivity contribution >= 4 is 17.3 Å². The number of pyridine rings is 2. The summed E-state index contributed by atoms with van der Waals surface area (Å²) in [7, 11) is 0. The first-order valence-corrected chi connectivity index (χ1v) is 9.20. The van der Waals surface area contributed by atoms with Crippen LogP contribution in [0.2, 0.25) is 0 Å². The maximum atomic E-state index is 13.8. The number of aromatic nitrogens is 2. The van der Waals surface area contributed by atoms with Crippen LogP contribution in [-0.2, 0) is 0 Å². The summed E-state index contributed by atoms with van der Waals surface area (Å²) in [6.45, 7) is 2.65. The fourth-order valence-electron chi connectivity index (χ4n) is 2.85. The number of halogens is 2. The Morgan fingerprint density at radius 3 is 2.29 bits per heavy atom. The van der Waals surface area contributed by atoms with Gasteiger partial charge in [-0.2, -0.15) is 18.7 Å². The molecule has 2 atom stereocenters. The zero-order chi connectivity index (χ0) is 19.5. The molecule has 2 aromatic heterocycles. The number of nitrogens with one attached hydrogen (secondary N) is 3. The molecule has 0 aromatic carbocycles. The van der Waals surface area contributed by atoms with Gasteiger partial charge in [-0.3, -0.25) is 0 Å². The molecular formula is C18H22F2N6O2. The van der Waals surface area contributed by atoms with Crippen LogP contribution in [0.25, 0.3) is 0 Å². The van der Waals surface area contributed by atoms with Gasteiger partial charge in [0.05, 0.1) is 5.69 Å². The third-order valence-electron chi connectivity index (χ3n) is 4.75. The van der Waals surface area contributed by atoms with Gasteiger partial charge in [0.2, 0.25) is 11.9 Å². The number of ether oxygens (including phenoxy) is 2. The van der Waals surface area contributed by atoms with Crippen LogP contribution in [0, 0.1) is 11.9 Å². The molecule has 0 unspecified atom stereocenters. The molecule has 5 N–H and O–H groups in total. The first-order chi connectivity index (χ1) is 13.6. The lowest BCUT2D eigenvalue weighted by molar-refractivity contribution is 0.217. The zero-order valence-corrected chi connectivity index (χ0v) is 15.2. The third kappa shape index (κ3) is 4.23. The summed E-state index contributed by atoms with van der Waals surface area (Å²) < 4.78 is 39.0. The smallest absolute Gasteiger partial charge is 0.217 e. The normalized spacial score (nSPS) is 20.8. The second kappa shape index (κ2) is 8.11. The van der Waals surface area contributed by atoms with E-state index in [1.807, 2.05) is 0 Å². The molecule has 0 amide bonds. The molecule has 2 fully saturated rings. The largest absolute Gasteiger partial charge is 0.488 e. The molecule has 0 saturated carbocycles. The second-order valence-corrected chi connectivity index (χ2v) is 6.82. The summed E-state index contributed by atoms with van der Waals surface area (Å²) in [6, 6.07) is 4.19. The molecule has 2 aliphatic rings. The summed E-state index contributed by atoms with van der Waals surface area (Å²) in [5, 5.41) is 9.23. The van der Waals surface area contributed by atoms with Gasteiger partial charge in [0.15, 0.2) is 23.1 Å². The number of anilines is 3. The van der Waals surface area contributed by atoms with Crippen LogP contribution in [-0.4, -0.2) is 48.4 Å². The Kier molecular flexibility index (Phi) is 5.40. The van der Waals surface area contributed by atoms with Crippen LogP contribution >= 0.6 is 0 Å². The molecule has 4 heterocycles. The van der Waals surface area contributed by atoms with Crippen LogP contribution in [0.1, 0.15) is 12.8 Å². The van der Waals surface area contributed by atoms with Crippen molar-refractivity contribution < 1.29 is 18.3 Å². The topological polar surface area (TPSA) is 106 Å². The van der Waals surface area contributed by atoms with E-state index in [0.29, 0.717) is 19.0 Å². The first kappa shape index (κ1) is 18.6. The summed E-state index contributed by atoms with van der Waals surface area (Å²) >= 11 is 0. The number of hydrogen-bond donors (Lipinski definition) is 4. The van der Waals surface area contributed by atoms with E-state index in [1.54, 1.807) is 0 Å². The van der Waals surface area contributed by atoms with E-state index in [1.165, 1.54) is 12.1 Å². The van der Waals surface area contributed by atoms with E-state index in [2.05, 4.69) is 25.9 Å². The van der Waals surface area contributed by atoms with Crippen molar-refractivity contribution in [1.82, 2.24) is 20.6 Å². The van der Waals surface area contributed by atoms with Crippen molar-refractivity contribution in [2.24, 2.45) is 0 Å². The summed E-state index contributed by atoms with van der Waals surface area (Å²) in [5.41, 5.74) is 6.00. The third-order valence-corrected chi connectivity index (χ3v) is 4.75. The Hall–Kier alpha value is -2.72. The van der Waals surface area contributed by atoms with Gasteiger partial charge in [-0.25, -0.2) is 0 Å². The molecule has 8 nitrogen and oxygen atoms in total. The lowest BCUT2D eigenvalue weighted by Crippen LogP contribution is -2.46. The highest BCUT2D eigenvalue weighted by atomic mass is 19.1. The van der Waals surface area contributed by atoms with E-state index in [-0.39, 0.29) is 35.2 Å². The Morgan fingerprint density at radius 2 is 1.64 bits per heavy atom. The minimum absolute atomic E-state index is 0.0153. The minimum Gasteiger partial charge on any atom is -0.488 e. The highest BCUT2D eigenvalue weighted by Gasteiger charge is 2.22. The fourth-order valence-corrected chi connectivity index (χ4v) is 2.85. The average molecular weight is 392 g/mol. The summed E-state index contributed by atoms with van der Waals surface area (Å²) in [5.74, 6) is -0.891. The van der Waals surface area contributed by atoms with Crippen LogP contribution in [0.15, 0.2) is 18.2 Å². The van der Waals surface area contributed by atoms with E-state index in [0.717, 1.165) is 32.0 Å². The first-order valence-electron chi connectivity index (χ1n) is 9.20. The Balaban J connectivity index is 1.55. The summed E-state index contributed by atoms with van der Waals surface area (Å²) in [4.78, 5) is 7.63. The lowest BCUT2D eigenvalue weighted by Gasteiger charge is -2.28. The number of hydrogen-bond acceptors (Lipinski definition) is 8. The van der Waals surface area contributed by atoms with Gasteiger partial charge < -0.3 is 31.2 Å². The number of nitrogens with zero attached hydrogens (tertiary/aromatic N) is 2. The Labute approximate surface area is 160 Å². The van der Waals surface area contributed by atoms with Crippen LogP contribution in [0.5, 0.6) is 11.5 Å². The standard InChI is InChI=1S/C18H22F2N6O2/c19-14-2-1-13(27-8-10-3-5-22-10)17(24-14)26-18-16(12(21)7-15(20)25-18)28-9-11-4-6-23-11/h1-2,7,10-11,22-23H,3-6,8-9H2,(H3,21,24,25,26)/t10-,11+/m0/s1. The van der Waals surface area contributed by atoms with Gasteiger partial charge in [-0.05, 0) is 38.1 Å². The lowest BCUT2D eigenvalue weighted by atomic mass is 10.1. The minimum atomic E-state index is -0.786. The van der Waals surface area contributed by atoms with E-state index < -0.39 is 11.9 Å². The monoisotopic (exact) mass is 392 g/mol. The molecule has 0 radical (unpaired) electrons. The summed E-state index contributed by atoms with van der Waals surface area (Å²) in [6.07, 6.45) is 1.99. The molecule has 28 heavy (non-hydrogen) atoms. The van der Waals surface area contributed by atoms with E-state index in [9.17, 15) is 8.78 Å². The van der Waals surface area contributed by atoms with E-state index >= 15 is 0 Å². The fraction of sp³-hybridized carbons (Fsp3) is 0.444. The Bertz CT molecular complexity index is 845. The van der Waals surface area contributed by atoms with Gasteiger partial charge in [0.25, 0.3) is 0 Å². The van der Waals surface area contributed by atoms with Crippen LogP contribution in [0.4, 0.5) is 26.1 Å². The van der Waals surface area contributed by atoms with Crippen molar-refractivity contribution in [3.8, 4) is 11.5 Å². The number of nitrogen functional groups attached to an aromatic ring is 1. The predicted molar refractivity (Wildman–Crippen MR) is 99.9 cm³/mol. The molecule has 2 saturated heterocycles. The quantitative estimate of drug-likeness (QED) is 0.502. The van der Waals surface area contributed by atoms with Crippen molar-refractivity contribution in [3.63, 3.8) is 0 Å². The second-order valence-electron chi connectivity index (χ2n) is 6.82. The molecule has 0 spiro atoms. The molecular weight excluding hydrogens is 370 g/mol.